The second-order valence-corrected chi connectivity index (χ2v) is 5.83. The Labute approximate surface area is 144 Å². The topological polar surface area (TPSA) is 75.2 Å². The number of anilines is 1. The maximum absolute atomic E-state index is 5.77. The lowest BCUT2D eigenvalue weighted by molar-refractivity contribution is 0.356. The molecule has 4 aromatic rings. The normalized spacial score (nSPS) is 11.1. The van der Waals surface area contributed by atoms with Crippen LogP contribution in [-0.4, -0.2) is 28.8 Å². The van der Waals surface area contributed by atoms with Crippen LogP contribution in [0.2, 0.25) is 0 Å². The predicted octanol–water partition coefficient (Wildman–Crippen LogP) is 3.23. The molecule has 6 heteroatoms. The molecule has 0 amide bonds. The van der Waals surface area contributed by atoms with Crippen LogP contribution in [0.15, 0.2) is 48.9 Å². The zero-order valence-corrected chi connectivity index (χ0v) is 14.1. The zero-order chi connectivity index (χ0) is 17.4. The van der Waals surface area contributed by atoms with Gasteiger partial charge in [0.05, 0.1) is 37.8 Å². The number of benzene rings is 2. The molecule has 0 aliphatic heterocycles. The van der Waals surface area contributed by atoms with Gasteiger partial charge in [0.15, 0.2) is 11.5 Å². The van der Waals surface area contributed by atoms with E-state index < -0.39 is 0 Å². The number of fused-ring (bicyclic) bond motifs is 3. The second kappa shape index (κ2) is 5.98. The van der Waals surface area contributed by atoms with Crippen LogP contribution in [0.5, 0.6) is 11.5 Å². The van der Waals surface area contributed by atoms with E-state index in [1.165, 1.54) is 0 Å². The quantitative estimate of drug-likeness (QED) is 0.580. The lowest BCUT2D eigenvalue weighted by Crippen LogP contribution is -1.99. The number of pyridine rings is 1. The molecular formula is C19H18N4O2. The van der Waals surface area contributed by atoms with Gasteiger partial charge in [-0.1, -0.05) is 12.1 Å². The van der Waals surface area contributed by atoms with E-state index in [1.54, 1.807) is 20.4 Å². The van der Waals surface area contributed by atoms with E-state index in [0.717, 1.165) is 33.2 Å². The van der Waals surface area contributed by atoms with Gasteiger partial charge < -0.3 is 19.8 Å². The van der Waals surface area contributed by atoms with Crippen molar-refractivity contribution in [1.82, 2.24) is 14.5 Å². The smallest absolute Gasteiger partial charge is 0.162 e. The molecule has 0 radical (unpaired) electrons. The van der Waals surface area contributed by atoms with Crippen LogP contribution in [-0.2, 0) is 6.54 Å². The summed E-state index contributed by atoms with van der Waals surface area (Å²) in [4.78, 5) is 8.98. The van der Waals surface area contributed by atoms with E-state index in [-0.39, 0.29) is 0 Å². The Morgan fingerprint density at radius 2 is 1.68 bits per heavy atom. The van der Waals surface area contributed by atoms with Crippen molar-refractivity contribution in [2.75, 3.05) is 20.0 Å². The Balaban J connectivity index is 1.90. The predicted molar refractivity (Wildman–Crippen MR) is 98.1 cm³/mol. The van der Waals surface area contributed by atoms with E-state index >= 15 is 0 Å². The van der Waals surface area contributed by atoms with E-state index in [2.05, 4.69) is 14.5 Å². The largest absolute Gasteiger partial charge is 0.493 e. The van der Waals surface area contributed by atoms with Gasteiger partial charge in [0.2, 0.25) is 0 Å². The van der Waals surface area contributed by atoms with E-state index in [9.17, 15) is 0 Å². The molecule has 6 nitrogen and oxygen atoms in total. The first-order chi connectivity index (χ1) is 12.2. The molecule has 0 atom stereocenters. The summed E-state index contributed by atoms with van der Waals surface area (Å²) in [5.74, 6) is 1.33. The van der Waals surface area contributed by atoms with Crippen LogP contribution < -0.4 is 15.2 Å². The van der Waals surface area contributed by atoms with Crippen molar-refractivity contribution >= 4 is 27.6 Å². The van der Waals surface area contributed by atoms with Crippen molar-refractivity contribution in [3.8, 4) is 11.5 Å². The van der Waals surface area contributed by atoms with Gasteiger partial charge in [0.25, 0.3) is 0 Å². The number of nitrogen functional groups attached to an aromatic ring is 1. The van der Waals surface area contributed by atoms with Crippen LogP contribution in [0.25, 0.3) is 21.9 Å². The van der Waals surface area contributed by atoms with E-state index in [0.29, 0.717) is 18.0 Å². The Morgan fingerprint density at radius 3 is 2.40 bits per heavy atom. The van der Waals surface area contributed by atoms with Crippen LogP contribution in [0, 0.1) is 0 Å². The summed E-state index contributed by atoms with van der Waals surface area (Å²) in [6.07, 6.45) is 3.61. The number of imidazole rings is 1. The number of hydrogen-bond donors (Lipinski definition) is 1. The monoisotopic (exact) mass is 334 g/mol. The van der Waals surface area contributed by atoms with Gasteiger partial charge in [-0.25, -0.2) is 4.98 Å². The lowest BCUT2D eigenvalue weighted by Gasteiger charge is -2.11. The number of nitrogens with two attached hydrogens (primary N) is 1. The van der Waals surface area contributed by atoms with Gasteiger partial charge in [0, 0.05) is 23.7 Å². The molecule has 0 aliphatic rings. The second-order valence-electron chi connectivity index (χ2n) is 5.83. The molecule has 126 valence electrons. The Kier molecular flexibility index (Phi) is 3.65. The van der Waals surface area contributed by atoms with Crippen molar-refractivity contribution in [2.24, 2.45) is 0 Å². The summed E-state index contributed by atoms with van der Waals surface area (Å²) in [6, 6.07) is 11.7. The van der Waals surface area contributed by atoms with Gasteiger partial charge >= 0.3 is 0 Å². The maximum atomic E-state index is 5.77. The van der Waals surface area contributed by atoms with Crippen molar-refractivity contribution in [3.05, 3.63) is 54.5 Å². The molecule has 0 unspecified atom stereocenters. The molecule has 2 aromatic heterocycles. The molecule has 2 aromatic carbocycles. The Bertz CT molecular complexity index is 1050. The van der Waals surface area contributed by atoms with Gasteiger partial charge in [-0.05, 0) is 23.8 Å². The number of methoxy groups -OCH3 is 2. The van der Waals surface area contributed by atoms with Crippen LogP contribution in [0.1, 0.15) is 5.56 Å². The SMILES string of the molecule is COc1cc2ncc3ncn(Cc4ccc(N)cc4)c3c2cc1OC. The van der Waals surface area contributed by atoms with Crippen molar-refractivity contribution in [3.63, 3.8) is 0 Å². The van der Waals surface area contributed by atoms with Crippen molar-refractivity contribution in [1.29, 1.82) is 0 Å². The number of ether oxygens (including phenoxy) is 2. The fraction of sp³-hybridized carbons (Fsp3) is 0.158. The number of nitrogens with zero attached hydrogens (tertiary/aromatic N) is 3. The van der Waals surface area contributed by atoms with Crippen LogP contribution in [0.3, 0.4) is 0 Å². The molecule has 0 fully saturated rings. The van der Waals surface area contributed by atoms with E-state index in [4.69, 9.17) is 15.2 Å². The van der Waals surface area contributed by atoms with Gasteiger partial charge in [-0.3, -0.25) is 4.98 Å². The first-order valence-corrected chi connectivity index (χ1v) is 7.89. The third-order valence-electron chi connectivity index (χ3n) is 4.28. The highest BCUT2D eigenvalue weighted by atomic mass is 16.5. The minimum absolute atomic E-state index is 0.659. The fourth-order valence-corrected chi connectivity index (χ4v) is 3.02. The summed E-state index contributed by atoms with van der Waals surface area (Å²) < 4.78 is 12.9. The summed E-state index contributed by atoms with van der Waals surface area (Å²) >= 11 is 0. The zero-order valence-electron chi connectivity index (χ0n) is 14.1. The van der Waals surface area contributed by atoms with Gasteiger partial charge in [0.1, 0.15) is 5.52 Å². The van der Waals surface area contributed by atoms with Gasteiger partial charge in [-0.15, -0.1) is 0 Å². The molecule has 0 saturated heterocycles. The minimum Gasteiger partial charge on any atom is -0.493 e. The minimum atomic E-state index is 0.659. The van der Waals surface area contributed by atoms with E-state index in [1.807, 2.05) is 42.7 Å². The molecule has 2 heterocycles. The highest BCUT2D eigenvalue weighted by Crippen LogP contribution is 2.34. The van der Waals surface area contributed by atoms with Crippen LogP contribution in [0.4, 0.5) is 5.69 Å². The molecule has 0 aliphatic carbocycles. The highest BCUT2D eigenvalue weighted by Gasteiger charge is 2.13. The van der Waals surface area contributed by atoms with Crippen LogP contribution >= 0.6 is 0 Å². The standard InChI is InChI=1S/C19H18N4O2/c1-24-17-7-14-15(8-18(17)25-2)21-9-16-19(14)23(11-22-16)10-12-3-5-13(20)6-4-12/h3-9,11H,10,20H2,1-2H3. The molecule has 25 heavy (non-hydrogen) atoms. The fourth-order valence-electron chi connectivity index (χ4n) is 3.02. The summed E-state index contributed by atoms with van der Waals surface area (Å²) in [6.45, 7) is 0.699. The number of hydrogen-bond acceptors (Lipinski definition) is 5. The first kappa shape index (κ1) is 15.3. The molecule has 0 saturated carbocycles. The maximum Gasteiger partial charge on any atom is 0.162 e. The summed E-state index contributed by atoms with van der Waals surface area (Å²) in [5, 5.41) is 0.975. The average Bonchev–Trinajstić information content (AvgIpc) is 3.05. The molecule has 2 N–H and O–H groups in total. The molecule has 4 rings (SSSR count). The van der Waals surface area contributed by atoms with Crippen molar-refractivity contribution in [2.45, 2.75) is 6.54 Å². The van der Waals surface area contributed by atoms with Crippen molar-refractivity contribution < 1.29 is 9.47 Å². The summed E-state index contributed by atoms with van der Waals surface area (Å²) in [7, 11) is 3.25. The molecule has 0 bridgehead atoms. The molecular weight excluding hydrogens is 316 g/mol. The van der Waals surface area contributed by atoms with Gasteiger partial charge in [-0.2, -0.15) is 0 Å². The lowest BCUT2D eigenvalue weighted by atomic mass is 10.1. The molecule has 0 spiro atoms. The number of rotatable bonds is 4. The summed E-state index contributed by atoms with van der Waals surface area (Å²) in [5.41, 5.74) is 10.4. The average molecular weight is 334 g/mol. The Hall–Kier alpha value is -3.28. The highest BCUT2D eigenvalue weighted by molar-refractivity contribution is 6.03. The number of aromatic nitrogens is 3. The third-order valence-corrected chi connectivity index (χ3v) is 4.28. The third kappa shape index (κ3) is 2.61. The first-order valence-electron chi connectivity index (χ1n) is 7.89. The Morgan fingerprint density at radius 1 is 0.960 bits per heavy atom.